The van der Waals surface area contributed by atoms with Gasteiger partial charge in [0, 0.05) is 12.0 Å². The lowest BCUT2D eigenvalue weighted by Crippen LogP contribution is -1.94. The van der Waals surface area contributed by atoms with Gasteiger partial charge < -0.3 is 4.74 Å². The fourth-order valence-electron chi connectivity index (χ4n) is 0.682. The Labute approximate surface area is 52.3 Å². The average molecular weight is 126 g/mol. The number of ether oxygens (including phenoxy) is 1. The fourth-order valence-corrected chi connectivity index (χ4v) is 0.682. The maximum absolute atomic E-state index is 10.5. The summed E-state index contributed by atoms with van der Waals surface area (Å²) in [5.41, 5.74) is 0.477. The minimum absolute atomic E-state index is 0.359. The summed E-state index contributed by atoms with van der Waals surface area (Å²) in [6.45, 7) is 0.415. The Morgan fingerprint density at radius 1 is 1.56 bits per heavy atom. The minimum atomic E-state index is -0.359. The molecule has 1 aliphatic rings. The van der Waals surface area contributed by atoms with Crippen molar-refractivity contribution in [3.8, 4) is 0 Å². The zero-order valence-electron chi connectivity index (χ0n) is 4.79. The van der Waals surface area contributed by atoms with E-state index >= 15 is 0 Å². The third-order valence-electron chi connectivity index (χ3n) is 1.14. The number of hydrogen-bond acceptors (Lipinski definition) is 3. The molecule has 0 atom stereocenters. The smallest absolute Gasteiger partial charge is 0.334 e. The van der Waals surface area contributed by atoms with Crippen LogP contribution in [0.1, 0.15) is 6.42 Å². The van der Waals surface area contributed by atoms with Gasteiger partial charge in [0.2, 0.25) is 0 Å². The van der Waals surface area contributed by atoms with E-state index in [9.17, 15) is 9.59 Å². The Morgan fingerprint density at radius 2 is 2.33 bits per heavy atom. The molecule has 0 aromatic heterocycles. The van der Waals surface area contributed by atoms with E-state index in [0.717, 1.165) is 0 Å². The molecule has 3 nitrogen and oxygen atoms in total. The van der Waals surface area contributed by atoms with Crippen LogP contribution < -0.4 is 0 Å². The number of aldehydes is 1. The summed E-state index contributed by atoms with van der Waals surface area (Å²) < 4.78 is 4.55. The van der Waals surface area contributed by atoms with Gasteiger partial charge in [-0.1, -0.05) is 0 Å². The Bertz CT molecular complexity index is 169. The van der Waals surface area contributed by atoms with Gasteiger partial charge in [0.25, 0.3) is 0 Å². The summed E-state index contributed by atoms with van der Waals surface area (Å²) in [7, 11) is 0. The molecule has 0 aromatic carbocycles. The molecule has 0 unspecified atom stereocenters. The summed E-state index contributed by atoms with van der Waals surface area (Å²) >= 11 is 0. The van der Waals surface area contributed by atoms with Gasteiger partial charge in [-0.15, -0.1) is 0 Å². The van der Waals surface area contributed by atoms with E-state index in [4.69, 9.17) is 0 Å². The van der Waals surface area contributed by atoms with Crippen molar-refractivity contribution in [3.05, 3.63) is 11.6 Å². The van der Waals surface area contributed by atoms with Crippen molar-refractivity contribution in [3.63, 3.8) is 0 Å². The molecule has 0 aromatic rings. The van der Waals surface area contributed by atoms with Crippen LogP contribution in [-0.4, -0.2) is 18.9 Å². The first-order valence-corrected chi connectivity index (χ1v) is 2.66. The lowest BCUT2D eigenvalue weighted by Gasteiger charge is -1.84. The molecule has 3 heteroatoms. The molecule has 1 rings (SSSR count). The van der Waals surface area contributed by atoms with Crippen LogP contribution in [-0.2, 0) is 14.3 Å². The van der Waals surface area contributed by atoms with Gasteiger partial charge in [-0.3, -0.25) is 4.79 Å². The van der Waals surface area contributed by atoms with Crippen molar-refractivity contribution < 1.29 is 14.3 Å². The molecule has 0 bridgehead atoms. The van der Waals surface area contributed by atoms with Crippen molar-refractivity contribution in [2.45, 2.75) is 6.42 Å². The van der Waals surface area contributed by atoms with E-state index in [-0.39, 0.29) is 5.97 Å². The molecule has 1 heterocycles. The second-order valence-corrected chi connectivity index (χ2v) is 1.71. The molecule has 0 radical (unpaired) electrons. The second kappa shape index (κ2) is 2.44. The van der Waals surface area contributed by atoms with Crippen molar-refractivity contribution in [1.82, 2.24) is 0 Å². The molecule has 1 saturated heterocycles. The van der Waals surface area contributed by atoms with Crippen molar-refractivity contribution in [2.75, 3.05) is 6.61 Å². The van der Waals surface area contributed by atoms with E-state index in [0.29, 0.717) is 24.9 Å². The molecule has 1 fully saturated rings. The summed E-state index contributed by atoms with van der Waals surface area (Å²) in [6, 6.07) is 0. The zero-order chi connectivity index (χ0) is 6.69. The first kappa shape index (κ1) is 6.01. The van der Waals surface area contributed by atoms with Crippen LogP contribution in [0.15, 0.2) is 11.6 Å². The number of rotatable bonds is 1. The monoisotopic (exact) mass is 126 g/mol. The normalized spacial score (nSPS) is 22.2. The second-order valence-electron chi connectivity index (χ2n) is 1.71. The van der Waals surface area contributed by atoms with E-state index in [2.05, 4.69) is 4.74 Å². The average Bonchev–Trinajstić information content (AvgIpc) is 2.18. The maximum Gasteiger partial charge on any atom is 0.334 e. The lowest BCUT2D eigenvalue weighted by molar-refractivity contribution is -0.135. The molecule has 0 spiro atoms. The van der Waals surface area contributed by atoms with Gasteiger partial charge in [0.15, 0.2) is 0 Å². The first-order chi connectivity index (χ1) is 4.34. The Morgan fingerprint density at radius 3 is 2.78 bits per heavy atom. The molecule has 48 valence electrons. The third kappa shape index (κ3) is 1.16. The summed E-state index contributed by atoms with van der Waals surface area (Å²) in [4.78, 5) is 20.3. The third-order valence-corrected chi connectivity index (χ3v) is 1.14. The molecule has 0 amide bonds. The number of carbonyl (C=O) groups excluding carboxylic acids is 2. The quantitative estimate of drug-likeness (QED) is 0.283. The van der Waals surface area contributed by atoms with Crippen LogP contribution in [0.5, 0.6) is 0 Å². The molecule has 9 heavy (non-hydrogen) atoms. The predicted octanol–water partition coefficient (Wildman–Crippen LogP) is 0.0586. The van der Waals surface area contributed by atoms with Crippen LogP contribution in [0.3, 0.4) is 0 Å². The topological polar surface area (TPSA) is 43.4 Å². The van der Waals surface area contributed by atoms with Gasteiger partial charge in [-0.2, -0.15) is 0 Å². The number of carbonyl (C=O) groups is 2. The van der Waals surface area contributed by atoms with E-state index in [1.807, 2.05) is 0 Å². The standard InChI is InChI=1S/C6H6O3/c7-3-1-5-2-4-9-6(5)8/h1,3H,2,4H2/b5-1-. The van der Waals surface area contributed by atoms with Gasteiger partial charge in [-0.05, 0) is 6.08 Å². The highest BCUT2D eigenvalue weighted by atomic mass is 16.5. The van der Waals surface area contributed by atoms with Crippen LogP contribution in [0, 0.1) is 0 Å². The fraction of sp³-hybridized carbons (Fsp3) is 0.333. The molecule has 0 saturated carbocycles. The SMILES string of the molecule is O=C/C=C1/CCOC1=O. The van der Waals surface area contributed by atoms with E-state index in [1.54, 1.807) is 0 Å². The lowest BCUT2D eigenvalue weighted by atomic mass is 10.2. The van der Waals surface area contributed by atoms with Gasteiger partial charge >= 0.3 is 5.97 Å². The van der Waals surface area contributed by atoms with Crippen molar-refractivity contribution >= 4 is 12.3 Å². The highest BCUT2D eigenvalue weighted by Crippen LogP contribution is 2.10. The highest BCUT2D eigenvalue weighted by Gasteiger charge is 2.17. The Balaban J connectivity index is 2.69. The number of hydrogen-bond donors (Lipinski definition) is 0. The largest absolute Gasteiger partial charge is 0.462 e. The Kier molecular flexibility index (Phi) is 1.63. The van der Waals surface area contributed by atoms with Gasteiger partial charge in [0.1, 0.15) is 6.29 Å². The highest BCUT2D eigenvalue weighted by molar-refractivity contribution is 5.93. The van der Waals surface area contributed by atoms with Crippen molar-refractivity contribution in [1.29, 1.82) is 0 Å². The van der Waals surface area contributed by atoms with Crippen molar-refractivity contribution in [2.24, 2.45) is 0 Å². The summed E-state index contributed by atoms with van der Waals surface area (Å²) in [5, 5.41) is 0. The minimum Gasteiger partial charge on any atom is -0.462 e. The number of cyclic esters (lactones) is 1. The summed E-state index contributed by atoms with van der Waals surface area (Å²) in [5.74, 6) is -0.359. The molecule has 1 aliphatic heterocycles. The number of allylic oxidation sites excluding steroid dienone is 1. The zero-order valence-corrected chi connectivity index (χ0v) is 4.79. The van der Waals surface area contributed by atoms with Crippen LogP contribution in [0.25, 0.3) is 0 Å². The molecular weight excluding hydrogens is 120 g/mol. The maximum atomic E-state index is 10.5. The van der Waals surface area contributed by atoms with Gasteiger partial charge in [0.05, 0.1) is 6.61 Å². The van der Waals surface area contributed by atoms with E-state index in [1.165, 1.54) is 6.08 Å². The molecule has 0 aliphatic carbocycles. The predicted molar refractivity (Wildman–Crippen MR) is 29.7 cm³/mol. The number of esters is 1. The van der Waals surface area contributed by atoms with Crippen LogP contribution in [0.4, 0.5) is 0 Å². The van der Waals surface area contributed by atoms with Crippen LogP contribution in [0.2, 0.25) is 0 Å². The first-order valence-electron chi connectivity index (χ1n) is 2.66. The Hall–Kier alpha value is -1.12. The summed E-state index contributed by atoms with van der Waals surface area (Å²) in [6.07, 6.45) is 2.41. The van der Waals surface area contributed by atoms with Crippen LogP contribution >= 0.6 is 0 Å². The van der Waals surface area contributed by atoms with Gasteiger partial charge in [-0.25, -0.2) is 4.79 Å². The van der Waals surface area contributed by atoms with E-state index < -0.39 is 0 Å². The molecule has 0 N–H and O–H groups in total. The molecular formula is C6H6O3.